The van der Waals surface area contributed by atoms with Gasteiger partial charge in [0.2, 0.25) is 0 Å². The van der Waals surface area contributed by atoms with Gasteiger partial charge in [0.25, 0.3) is 0 Å². The lowest BCUT2D eigenvalue weighted by molar-refractivity contribution is 0.631. The van der Waals surface area contributed by atoms with Gasteiger partial charge in [-0.15, -0.1) is 0 Å². The summed E-state index contributed by atoms with van der Waals surface area (Å²) in [6.45, 7) is 0. The van der Waals surface area contributed by atoms with Gasteiger partial charge in [0.15, 0.2) is 0 Å². The molecule has 18 heavy (non-hydrogen) atoms. The maximum Gasteiger partial charge on any atom is 0.147 e. The highest BCUT2D eigenvalue weighted by atomic mass is 19.1. The Labute approximate surface area is 104 Å². The first kappa shape index (κ1) is 11.9. The van der Waals surface area contributed by atoms with E-state index in [1.54, 1.807) is 31.4 Å². The molecule has 0 atom stereocenters. The van der Waals surface area contributed by atoms with Gasteiger partial charge in [-0.1, -0.05) is 0 Å². The third-order valence-corrected chi connectivity index (χ3v) is 2.39. The van der Waals surface area contributed by atoms with E-state index in [0.29, 0.717) is 17.1 Å². The summed E-state index contributed by atoms with van der Waals surface area (Å²) in [4.78, 5) is 4.06. The van der Waals surface area contributed by atoms with Crippen molar-refractivity contribution < 1.29 is 4.39 Å². The first-order valence-electron chi connectivity index (χ1n) is 5.33. The van der Waals surface area contributed by atoms with E-state index < -0.39 is 5.82 Å². The van der Waals surface area contributed by atoms with Gasteiger partial charge in [-0.05, 0) is 24.3 Å². The molecule has 90 valence electrons. The minimum atomic E-state index is -0.461. The number of hydrogen-bond donors (Lipinski definition) is 2. The molecule has 2 N–H and O–H groups in total. The number of nitrogens with zero attached hydrogens (tertiary/aromatic N) is 2. The predicted octanol–water partition coefficient (Wildman–Crippen LogP) is 2.88. The molecule has 1 aromatic heterocycles. The van der Waals surface area contributed by atoms with E-state index in [4.69, 9.17) is 5.26 Å². The molecular formula is C13H11FN4. The Morgan fingerprint density at radius 1 is 1.28 bits per heavy atom. The zero-order chi connectivity index (χ0) is 13.0. The van der Waals surface area contributed by atoms with Crippen LogP contribution in [0, 0.1) is 17.1 Å². The van der Waals surface area contributed by atoms with E-state index in [0.717, 1.165) is 5.69 Å². The number of anilines is 3. The second-order valence-corrected chi connectivity index (χ2v) is 3.61. The lowest BCUT2D eigenvalue weighted by Gasteiger charge is -2.08. The highest BCUT2D eigenvalue weighted by molar-refractivity contribution is 5.63. The van der Waals surface area contributed by atoms with Gasteiger partial charge in [-0.2, -0.15) is 5.26 Å². The van der Waals surface area contributed by atoms with Crippen molar-refractivity contribution in [1.29, 1.82) is 5.26 Å². The van der Waals surface area contributed by atoms with Crippen LogP contribution in [0.2, 0.25) is 0 Å². The van der Waals surface area contributed by atoms with Gasteiger partial charge >= 0.3 is 0 Å². The van der Waals surface area contributed by atoms with Crippen molar-refractivity contribution in [3.8, 4) is 6.07 Å². The first-order chi connectivity index (χ1) is 8.72. The van der Waals surface area contributed by atoms with Crippen molar-refractivity contribution in [2.75, 3.05) is 17.7 Å². The molecule has 0 radical (unpaired) electrons. The third-order valence-electron chi connectivity index (χ3n) is 2.39. The molecule has 0 spiro atoms. The van der Waals surface area contributed by atoms with E-state index in [9.17, 15) is 4.39 Å². The Bertz CT molecular complexity index is 604. The Balaban J connectivity index is 2.26. The van der Waals surface area contributed by atoms with Crippen molar-refractivity contribution in [3.63, 3.8) is 0 Å². The molecule has 1 heterocycles. The topological polar surface area (TPSA) is 60.7 Å². The van der Waals surface area contributed by atoms with Crippen LogP contribution in [-0.2, 0) is 0 Å². The molecule has 1 aromatic carbocycles. The number of halogens is 1. The molecule has 0 bridgehead atoms. The molecule has 0 saturated carbocycles. The Hall–Kier alpha value is -2.61. The SMILES string of the molecule is CNc1cc(Nc2ccc(C#N)cc2F)ccn1. The van der Waals surface area contributed by atoms with Crippen LogP contribution >= 0.6 is 0 Å². The largest absolute Gasteiger partial charge is 0.373 e. The minimum Gasteiger partial charge on any atom is -0.373 e. The second kappa shape index (κ2) is 5.15. The summed E-state index contributed by atoms with van der Waals surface area (Å²) in [5, 5.41) is 14.5. The second-order valence-electron chi connectivity index (χ2n) is 3.61. The van der Waals surface area contributed by atoms with Crippen LogP contribution in [0.25, 0.3) is 0 Å². The maximum atomic E-state index is 13.7. The molecular weight excluding hydrogens is 231 g/mol. The molecule has 2 rings (SSSR count). The van der Waals surface area contributed by atoms with Crippen LogP contribution in [0.15, 0.2) is 36.5 Å². The summed E-state index contributed by atoms with van der Waals surface area (Å²) >= 11 is 0. The van der Waals surface area contributed by atoms with E-state index in [2.05, 4.69) is 15.6 Å². The summed E-state index contributed by atoms with van der Waals surface area (Å²) in [7, 11) is 1.76. The van der Waals surface area contributed by atoms with Gasteiger partial charge in [-0.3, -0.25) is 0 Å². The standard InChI is InChI=1S/C13H11FN4/c1-16-13-7-10(4-5-17-13)18-12-3-2-9(8-15)6-11(12)14/h2-7H,1H3,(H2,16,17,18). The number of rotatable bonds is 3. The molecule has 5 heteroatoms. The van der Waals surface area contributed by atoms with Crippen molar-refractivity contribution in [3.05, 3.63) is 47.9 Å². The van der Waals surface area contributed by atoms with Gasteiger partial charge < -0.3 is 10.6 Å². The number of aromatic nitrogens is 1. The monoisotopic (exact) mass is 242 g/mol. The number of nitriles is 1. The van der Waals surface area contributed by atoms with Gasteiger partial charge in [-0.25, -0.2) is 9.37 Å². The van der Waals surface area contributed by atoms with Crippen LogP contribution in [0.1, 0.15) is 5.56 Å². The average molecular weight is 242 g/mol. The zero-order valence-corrected chi connectivity index (χ0v) is 9.74. The summed E-state index contributed by atoms with van der Waals surface area (Å²) < 4.78 is 13.7. The third kappa shape index (κ3) is 2.55. The van der Waals surface area contributed by atoms with Crippen molar-refractivity contribution in [2.45, 2.75) is 0 Å². The van der Waals surface area contributed by atoms with Gasteiger partial charge in [0.05, 0.1) is 17.3 Å². The fourth-order valence-corrected chi connectivity index (χ4v) is 1.49. The lowest BCUT2D eigenvalue weighted by Crippen LogP contribution is -1.97. The van der Waals surface area contributed by atoms with Gasteiger partial charge in [0.1, 0.15) is 11.6 Å². The number of pyridine rings is 1. The Morgan fingerprint density at radius 3 is 2.78 bits per heavy atom. The Kier molecular flexibility index (Phi) is 3.39. The number of nitrogens with one attached hydrogen (secondary N) is 2. The van der Waals surface area contributed by atoms with Crippen LogP contribution < -0.4 is 10.6 Å². The molecule has 0 aliphatic carbocycles. The molecule has 2 aromatic rings. The molecule has 0 saturated heterocycles. The van der Waals surface area contributed by atoms with Crippen molar-refractivity contribution in [1.82, 2.24) is 4.98 Å². The van der Waals surface area contributed by atoms with Crippen molar-refractivity contribution in [2.24, 2.45) is 0 Å². The fraction of sp³-hybridized carbons (Fsp3) is 0.0769. The number of benzene rings is 1. The molecule has 0 amide bonds. The highest BCUT2D eigenvalue weighted by Gasteiger charge is 2.04. The van der Waals surface area contributed by atoms with Crippen molar-refractivity contribution >= 4 is 17.2 Å². The van der Waals surface area contributed by atoms with Crippen LogP contribution in [0.3, 0.4) is 0 Å². The molecule has 0 aliphatic rings. The molecule has 0 fully saturated rings. The summed E-state index contributed by atoms with van der Waals surface area (Å²) in [6.07, 6.45) is 1.62. The van der Waals surface area contributed by atoms with Crippen LogP contribution in [0.4, 0.5) is 21.6 Å². The highest BCUT2D eigenvalue weighted by Crippen LogP contribution is 2.21. The van der Waals surface area contributed by atoms with E-state index in [1.165, 1.54) is 12.1 Å². The summed E-state index contributed by atoms with van der Waals surface area (Å²) in [6, 6.07) is 9.68. The van der Waals surface area contributed by atoms with E-state index in [1.807, 2.05) is 6.07 Å². The fourth-order valence-electron chi connectivity index (χ4n) is 1.49. The van der Waals surface area contributed by atoms with Crippen LogP contribution in [-0.4, -0.2) is 12.0 Å². The molecule has 0 unspecified atom stereocenters. The smallest absolute Gasteiger partial charge is 0.147 e. The molecule has 4 nitrogen and oxygen atoms in total. The molecule has 0 aliphatic heterocycles. The maximum absolute atomic E-state index is 13.7. The van der Waals surface area contributed by atoms with E-state index >= 15 is 0 Å². The Morgan fingerprint density at radius 2 is 2.11 bits per heavy atom. The quantitative estimate of drug-likeness (QED) is 0.868. The zero-order valence-electron chi connectivity index (χ0n) is 9.74. The minimum absolute atomic E-state index is 0.295. The summed E-state index contributed by atoms with van der Waals surface area (Å²) in [5.41, 5.74) is 1.34. The normalized spacial score (nSPS) is 9.61. The number of hydrogen-bond acceptors (Lipinski definition) is 4. The predicted molar refractivity (Wildman–Crippen MR) is 68.2 cm³/mol. The average Bonchev–Trinajstić information content (AvgIpc) is 2.41. The summed E-state index contributed by atoms with van der Waals surface area (Å²) in [5.74, 6) is 0.228. The van der Waals surface area contributed by atoms with E-state index in [-0.39, 0.29) is 0 Å². The lowest BCUT2D eigenvalue weighted by atomic mass is 10.2. The van der Waals surface area contributed by atoms with Gasteiger partial charge in [0, 0.05) is 25.0 Å². The first-order valence-corrected chi connectivity index (χ1v) is 5.33. The van der Waals surface area contributed by atoms with Crippen LogP contribution in [0.5, 0.6) is 0 Å².